The SMILES string of the molecule is Cn1c(SCc2cc(=O)[nH]c(CO)n2)nnc1-c1cccs1. The van der Waals surface area contributed by atoms with Gasteiger partial charge in [-0.3, -0.25) is 4.79 Å². The molecule has 0 amide bonds. The molecule has 0 fully saturated rings. The molecule has 0 unspecified atom stereocenters. The second kappa shape index (κ2) is 6.42. The molecule has 3 heterocycles. The Bertz CT molecular complexity index is 825. The Morgan fingerprint density at radius 3 is 3.05 bits per heavy atom. The molecule has 0 bridgehead atoms. The van der Waals surface area contributed by atoms with Crippen molar-refractivity contribution in [2.24, 2.45) is 7.05 Å². The van der Waals surface area contributed by atoms with Gasteiger partial charge in [0.1, 0.15) is 12.4 Å². The molecule has 0 spiro atoms. The molecule has 0 saturated heterocycles. The van der Waals surface area contributed by atoms with Crippen LogP contribution in [0.15, 0.2) is 33.5 Å². The lowest BCUT2D eigenvalue weighted by atomic mass is 10.4. The van der Waals surface area contributed by atoms with Gasteiger partial charge in [0.2, 0.25) is 0 Å². The lowest BCUT2D eigenvalue weighted by molar-refractivity contribution is 0.270. The smallest absolute Gasteiger partial charge is 0.251 e. The van der Waals surface area contributed by atoms with Gasteiger partial charge in [-0.2, -0.15) is 0 Å². The van der Waals surface area contributed by atoms with Gasteiger partial charge < -0.3 is 14.7 Å². The van der Waals surface area contributed by atoms with Crippen LogP contribution in [0.2, 0.25) is 0 Å². The zero-order valence-corrected chi connectivity index (χ0v) is 13.3. The normalized spacial score (nSPS) is 11.0. The molecule has 22 heavy (non-hydrogen) atoms. The van der Waals surface area contributed by atoms with E-state index < -0.39 is 0 Å². The molecule has 0 aliphatic carbocycles. The molecule has 3 aromatic heterocycles. The summed E-state index contributed by atoms with van der Waals surface area (Å²) in [5.74, 6) is 1.56. The van der Waals surface area contributed by atoms with Crippen LogP contribution >= 0.6 is 23.1 Å². The number of hydrogen-bond donors (Lipinski definition) is 2. The number of aliphatic hydroxyl groups excluding tert-OH is 1. The lowest BCUT2D eigenvalue weighted by Crippen LogP contribution is -2.12. The van der Waals surface area contributed by atoms with Gasteiger partial charge in [0.15, 0.2) is 11.0 Å². The van der Waals surface area contributed by atoms with E-state index in [0.717, 1.165) is 15.9 Å². The van der Waals surface area contributed by atoms with E-state index in [4.69, 9.17) is 5.11 Å². The molecule has 0 aliphatic rings. The van der Waals surface area contributed by atoms with Crippen LogP contribution in [0.4, 0.5) is 0 Å². The standard InChI is InChI=1S/C13H13N5O2S2/c1-18-12(9-3-2-4-21-9)16-17-13(18)22-7-8-5-11(20)15-10(6-19)14-8/h2-5,19H,6-7H2,1H3,(H,14,15,20). The summed E-state index contributed by atoms with van der Waals surface area (Å²) in [7, 11) is 1.90. The number of thiophene rings is 1. The molecule has 0 aliphatic heterocycles. The fourth-order valence-corrected chi connectivity index (χ4v) is 3.46. The van der Waals surface area contributed by atoms with Crippen molar-refractivity contribution in [3.8, 4) is 10.7 Å². The lowest BCUT2D eigenvalue weighted by Gasteiger charge is -2.03. The van der Waals surface area contributed by atoms with E-state index in [0.29, 0.717) is 11.4 Å². The number of aromatic nitrogens is 5. The third-order valence-corrected chi connectivity index (χ3v) is 4.84. The zero-order valence-electron chi connectivity index (χ0n) is 11.7. The fourth-order valence-electron chi connectivity index (χ4n) is 1.91. The molecule has 3 aromatic rings. The quantitative estimate of drug-likeness (QED) is 0.684. The van der Waals surface area contributed by atoms with Crippen molar-refractivity contribution in [2.45, 2.75) is 17.5 Å². The van der Waals surface area contributed by atoms with Gasteiger partial charge in [0.25, 0.3) is 5.56 Å². The molecule has 114 valence electrons. The molecular formula is C13H13N5O2S2. The highest BCUT2D eigenvalue weighted by Crippen LogP contribution is 2.27. The number of H-pyrrole nitrogens is 1. The number of nitrogens with zero attached hydrogens (tertiary/aromatic N) is 4. The van der Waals surface area contributed by atoms with E-state index in [1.54, 1.807) is 11.3 Å². The first-order valence-corrected chi connectivity index (χ1v) is 8.30. The second-order valence-electron chi connectivity index (χ2n) is 4.47. The first-order valence-electron chi connectivity index (χ1n) is 6.43. The van der Waals surface area contributed by atoms with Crippen LogP contribution in [-0.2, 0) is 19.4 Å². The van der Waals surface area contributed by atoms with E-state index in [1.807, 2.05) is 29.1 Å². The maximum atomic E-state index is 11.5. The summed E-state index contributed by atoms with van der Waals surface area (Å²) in [6, 6.07) is 5.38. The Labute approximate surface area is 134 Å². The third kappa shape index (κ3) is 3.11. The monoisotopic (exact) mass is 335 g/mol. The molecule has 3 rings (SSSR count). The Kier molecular flexibility index (Phi) is 4.36. The van der Waals surface area contributed by atoms with Crippen LogP contribution in [0.25, 0.3) is 10.7 Å². The number of aliphatic hydroxyl groups is 1. The van der Waals surface area contributed by atoms with Crippen molar-refractivity contribution in [1.29, 1.82) is 0 Å². The van der Waals surface area contributed by atoms with Gasteiger partial charge in [-0.1, -0.05) is 17.8 Å². The van der Waals surface area contributed by atoms with E-state index in [1.165, 1.54) is 17.8 Å². The van der Waals surface area contributed by atoms with E-state index >= 15 is 0 Å². The van der Waals surface area contributed by atoms with Crippen molar-refractivity contribution in [1.82, 2.24) is 24.7 Å². The molecule has 9 heteroatoms. The Morgan fingerprint density at radius 1 is 1.45 bits per heavy atom. The van der Waals surface area contributed by atoms with Crippen molar-refractivity contribution in [2.75, 3.05) is 0 Å². The Hall–Kier alpha value is -1.97. The first-order chi connectivity index (χ1) is 10.7. The van der Waals surface area contributed by atoms with Crippen molar-refractivity contribution in [3.05, 3.63) is 45.5 Å². The van der Waals surface area contributed by atoms with E-state index in [9.17, 15) is 4.79 Å². The maximum Gasteiger partial charge on any atom is 0.251 e. The van der Waals surface area contributed by atoms with Crippen LogP contribution in [-0.4, -0.2) is 29.8 Å². The number of thioether (sulfide) groups is 1. The minimum absolute atomic E-state index is 0.264. The van der Waals surface area contributed by atoms with Gasteiger partial charge in [-0.15, -0.1) is 21.5 Å². The van der Waals surface area contributed by atoms with Crippen LogP contribution in [0.1, 0.15) is 11.5 Å². The fraction of sp³-hybridized carbons (Fsp3) is 0.231. The number of nitrogens with one attached hydrogen (secondary N) is 1. The zero-order chi connectivity index (χ0) is 15.5. The largest absolute Gasteiger partial charge is 0.388 e. The Balaban J connectivity index is 1.77. The molecule has 0 saturated carbocycles. The van der Waals surface area contributed by atoms with Crippen molar-refractivity contribution in [3.63, 3.8) is 0 Å². The van der Waals surface area contributed by atoms with Crippen LogP contribution in [0.3, 0.4) is 0 Å². The molecule has 2 N–H and O–H groups in total. The first kappa shape index (κ1) is 14.9. The summed E-state index contributed by atoms with van der Waals surface area (Å²) in [6.45, 7) is -0.291. The molecule has 7 nitrogen and oxygen atoms in total. The molecule has 0 aromatic carbocycles. The summed E-state index contributed by atoms with van der Waals surface area (Å²) in [5, 5.41) is 20.2. The highest BCUT2D eigenvalue weighted by molar-refractivity contribution is 7.98. The summed E-state index contributed by atoms with van der Waals surface area (Å²) < 4.78 is 1.91. The third-order valence-electron chi connectivity index (χ3n) is 2.92. The minimum atomic E-state index is -0.291. The van der Waals surface area contributed by atoms with Crippen molar-refractivity contribution < 1.29 is 5.11 Å². The topological polar surface area (TPSA) is 96.7 Å². The van der Waals surface area contributed by atoms with Gasteiger partial charge in [-0.05, 0) is 11.4 Å². The van der Waals surface area contributed by atoms with Crippen molar-refractivity contribution >= 4 is 23.1 Å². The predicted octanol–water partition coefficient (Wildman–Crippen LogP) is 1.41. The number of aromatic amines is 1. The highest BCUT2D eigenvalue weighted by Gasteiger charge is 2.12. The number of rotatable bonds is 5. The highest BCUT2D eigenvalue weighted by atomic mass is 32.2. The summed E-state index contributed by atoms with van der Waals surface area (Å²) >= 11 is 3.05. The average Bonchev–Trinajstić information content (AvgIpc) is 3.14. The summed E-state index contributed by atoms with van der Waals surface area (Å²) in [6.07, 6.45) is 0. The van der Waals surface area contributed by atoms with Crippen LogP contribution in [0.5, 0.6) is 0 Å². The van der Waals surface area contributed by atoms with Gasteiger partial charge in [0, 0.05) is 18.9 Å². The van der Waals surface area contributed by atoms with Gasteiger partial charge in [0.05, 0.1) is 10.6 Å². The number of hydrogen-bond acceptors (Lipinski definition) is 7. The van der Waals surface area contributed by atoms with Crippen LogP contribution in [0, 0.1) is 0 Å². The average molecular weight is 335 g/mol. The Morgan fingerprint density at radius 2 is 2.32 bits per heavy atom. The second-order valence-corrected chi connectivity index (χ2v) is 6.36. The summed E-state index contributed by atoms with van der Waals surface area (Å²) in [4.78, 5) is 19.2. The van der Waals surface area contributed by atoms with E-state index in [2.05, 4.69) is 20.2 Å². The van der Waals surface area contributed by atoms with Gasteiger partial charge >= 0.3 is 0 Å². The molecular weight excluding hydrogens is 322 g/mol. The maximum absolute atomic E-state index is 11.5. The molecule has 0 atom stereocenters. The van der Waals surface area contributed by atoms with Crippen LogP contribution < -0.4 is 5.56 Å². The predicted molar refractivity (Wildman–Crippen MR) is 84.7 cm³/mol. The summed E-state index contributed by atoms with van der Waals surface area (Å²) in [5.41, 5.74) is 0.324. The molecule has 0 radical (unpaired) electrons. The minimum Gasteiger partial charge on any atom is -0.388 e. The van der Waals surface area contributed by atoms with E-state index in [-0.39, 0.29) is 18.0 Å². The van der Waals surface area contributed by atoms with Gasteiger partial charge in [-0.25, -0.2) is 4.98 Å².